The minimum absolute atomic E-state index is 0.331. The number of rotatable bonds is 1. The number of nitrogens with zero attached hydrogens (tertiary/aromatic N) is 1. The van der Waals surface area contributed by atoms with Crippen molar-refractivity contribution in [1.82, 2.24) is 5.32 Å². The van der Waals surface area contributed by atoms with Crippen LogP contribution in [0.25, 0.3) is 0 Å². The Kier molecular flexibility index (Phi) is 2.80. The topological polar surface area (TPSA) is 76.4 Å². The molecular formula is C10H10Cl2N4. The van der Waals surface area contributed by atoms with Gasteiger partial charge in [-0.15, -0.1) is 0 Å². The molecule has 1 unspecified atom stereocenters. The SMILES string of the molecule is NC1=NC(N)(c2cc(Cl)ccc2Cl)NC=C1. The molecule has 4 nitrogen and oxygen atoms in total. The minimum atomic E-state index is -1.17. The van der Waals surface area contributed by atoms with E-state index in [1.807, 2.05) is 0 Å². The second-order valence-corrected chi connectivity index (χ2v) is 4.25. The maximum Gasteiger partial charge on any atom is 0.212 e. The van der Waals surface area contributed by atoms with Gasteiger partial charge in [0.25, 0.3) is 0 Å². The summed E-state index contributed by atoms with van der Waals surface area (Å²) in [6, 6.07) is 5.01. The molecule has 1 aliphatic heterocycles. The Balaban J connectivity index is 2.51. The summed E-state index contributed by atoms with van der Waals surface area (Å²) in [5, 5.41) is 3.91. The maximum absolute atomic E-state index is 6.07. The fourth-order valence-electron chi connectivity index (χ4n) is 1.45. The molecule has 1 aromatic rings. The summed E-state index contributed by atoms with van der Waals surface area (Å²) in [5.41, 5.74) is 12.2. The molecule has 0 fully saturated rings. The van der Waals surface area contributed by atoms with Crippen molar-refractivity contribution in [3.63, 3.8) is 0 Å². The van der Waals surface area contributed by atoms with Gasteiger partial charge in [-0.1, -0.05) is 23.2 Å². The second kappa shape index (κ2) is 3.97. The summed E-state index contributed by atoms with van der Waals surface area (Å²) < 4.78 is 0. The average molecular weight is 257 g/mol. The molecule has 1 atom stereocenters. The molecule has 5 N–H and O–H groups in total. The van der Waals surface area contributed by atoms with E-state index in [1.54, 1.807) is 30.5 Å². The fraction of sp³-hybridized carbons (Fsp3) is 0.100. The van der Waals surface area contributed by atoms with Crippen molar-refractivity contribution >= 4 is 29.0 Å². The number of amidine groups is 1. The molecule has 0 saturated carbocycles. The molecule has 2 rings (SSSR count). The molecule has 0 amide bonds. The highest BCUT2D eigenvalue weighted by Crippen LogP contribution is 2.29. The van der Waals surface area contributed by atoms with Gasteiger partial charge in [0.05, 0.1) is 0 Å². The summed E-state index contributed by atoms with van der Waals surface area (Å²) in [6.07, 6.45) is 3.24. The van der Waals surface area contributed by atoms with Crippen LogP contribution in [0, 0.1) is 0 Å². The predicted molar refractivity (Wildman–Crippen MR) is 66.2 cm³/mol. The first-order valence-electron chi connectivity index (χ1n) is 4.55. The van der Waals surface area contributed by atoms with Crippen LogP contribution in [0.3, 0.4) is 0 Å². The van der Waals surface area contributed by atoms with Gasteiger partial charge in [-0.25, -0.2) is 4.99 Å². The van der Waals surface area contributed by atoms with Gasteiger partial charge < -0.3 is 11.1 Å². The van der Waals surface area contributed by atoms with Crippen LogP contribution >= 0.6 is 23.2 Å². The summed E-state index contributed by atoms with van der Waals surface area (Å²) in [6.45, 7) is 0. The lowest BCUT2D eigenvalue weighted by Gasteiger charge is -2.29. The van der Waals surface area contributed by atoms with Crippen LogP contribution in [0.4, 0.5) is 0 Å². The van der Waals surface area contributed by atoms with E-state index < -0.39 is 5.79 Å². The number of aliphatic imine (C=N–C) groups is 1. The van der Waals surface area contributed by atoms with Gasteiger partial charge >= 0.3 is 0 Å². The minimum Gasteiger partial charge on any atom is -0.384 e. The van der Waals surface area contributed by atoms with E-state index in [-0.39, 0.29) is 0 Å². The Morgan fingerprint density at radius 3 is 2.75 bits per heavy atom. The highest BCUT2D eigenvalue weighted by molar-refractivity contribution is 6.33. The molecule has 16 heavy (non-hydrogen) atoms. The number of nitrogens with two attached hydrogens (primary N) is 2. The molecule has 0 bridgehead atoms. The van der Waals surface area contributed by atoms with E-state index in [0.29, 0.717) is 21.4 Å². The van der Waals surface area contributed by atoms with Crippen LogP contribution in [0.1, 0.15) is 5.56 Å². The van der Waals surface area contributed by atoms with Gasteiger partial charge in [0, 0.05) is 21.8 Å². The molecule has 0 radical (unpaired) electrons. The van der Waals surface area contributed by atoms with Gasteiger partial charge in [-0.05, 0) is 24.3 Å². The van der Waals surface area contributed by atoms with Crippen LogP contribution in [-0.2, 0) is 5.79 Å². The first kappa shape index (κ1) is 11.3. The summed E-state index contributed by atoms with van der Waals surface area (Å²) in [7, 11) is 0. The molecular weight excluding hydrogens is 247 g/mol. The van der Waals surface area contributed by atoms with E-state index in [1.165, 1.54) is 0 Å². The summed E-state index contributed by atoms with van der Waals surface area (Å²) in [5.74, 6) is -0.835. The smallest absolute Gasteiger partial charge is 0.212 e. The molecule has 6 heteroatoms. The highest BCUT2D eigenvalue weighted by Gasteiger charge is 2.29. The lowest BCUT2D eigenvalue weighted by Crippen LogP contribution is -2.49. The predicted octanol–water partition coefficient (Wildman–Crippen LogP) is 1.54. The van der Waals surface area contributed by atoms with E-state index in [2.05, 4.69) is 10.3 Å². The zero-order valence-corrected chi connectivity index (χ0v) is 9.76. The van der Waals surface area contributed by atoms with Crippen molar-refractivity contribution in [2.45, 2.75) is 5.79 Å². The lowest BCUT2D eigenvalue weighted by molar-refractivity contribution is 0.410. The first-order valence-corrected chi connectivity index (χ1v) is 5.31. The maximum atomic E-state index is 6.07. The molecule has 0 aromatic heterocycles. The molecule has 0 saturated heterocycles. The zero-order chi connectivity index (χ0) is 11.8. The molecule has 0 spiro atoms. The Hall–Kier alpha value is -1.23. The molecule has 1 aromatic carbocycles. The largest absolute Gasteiger partial charge is 0.384 e. The third kappa shape index (κ3) is 2.00. The van der Waals surface area contributed by atoms with Gasteiger partial charge in [-0.3, -0.25) is 5.73 Å². The van der Waals surface area contributed by atoms with Crippen LogP contribution in [0.15, 0.2) is 35.5 Å². The third-order valence-corrected chi connectivity index (χ3v) is 2.77. The molecule has 1 heterocycles. The van der Waals surface area contributed by atoms with Crippen LogP contribution < -0.4 is 16.8 Å². The van der Waals surface area contributed by atoms with E-state index >= 15 is 0 Å². The molecule has 1 aliphatic rings. The van der Waals surface area contributed by atoms with Crippen LogP contribution in [0.2, 0.25) is 10.0 Å². The summed E-state index contributed by atoms with van der Waals surface area (Å²) >= 11 is 11.9. The Morgan fingerprint density at radius 2 is 2.06 bits per heavy atom. The van der Waals surface area contributed by atoms with Crippen LogP contribution in [-0.4, -0.2) is 5.84 Å². The zero-order valence-electron chi connectivity index (χ0n) is 8.24. The van der Waals surface area contributed by atoms with Gasteiger partial charge in [-0.2, -0.15) is 0 Å². The van der Waals surface area contributed by atoms with Crippen molar-refractivity contribution in [3.05, 3.63) is 46.1 Å². The Morgan fingerprint density at radius 1 is 1.31 bits per heavy atom. The lowest BCUT2D eigenvalue weighted by atomic mass is 10.1. The van der Waals surface area contributed by atoms with Crippen LogP contribution in [0.5, 0.6) is 0 Å². The van der Waals surface area contributed by atoms with E-state index in [0.717, 1.165) is 0 Å². The monoisotopic (exact) mass is 256 g/mol. The van der Waals surface area contributed by atoms with Gasteiger partial charge in [0.2, 0.25) is 5.79 Å². The average Bonchev–Trinajstić information content (AvgIpc) is 2.21. The van der Waals surface area contributed by atoms with Crippen molar-refractivity contribution < 1.29 is 0 Å². The Labute approximate surface area is 103 Å². The fourth-order valence-corrected chi connectivity index (χ4v) is 1.89. The van der Waals surface area contributed by atoms with Crippen molar-refractivity contribution in [1.29, 1.82) is 0 Å². The number of benzene rings is 1. The first-order chi connectivity index (χ1) is 7.51. The number of hydrogen-bond acceptors (Lipinski definition) is 4. The van der Waals surface area contributed by atoms with Gasteiger partial charge in [0.1, 0.15) is 5.84 Å². The van der Waals surface area contributed by atoms with E-state index in [9.17, 15) is 0 Å². The third-order valence-electron chi connectivity index (χ3n) is 2.20. The summed E-state index contributed by atoms with van der Waals surface area (Å²) in [4.78, 5) is 4.12. The van der Waals surface area contributed by atoms with Crippen molar-refractivity contribution in [3.8, 4) is 0 Å². The van der Waals surface area contributed by atoms with E-state index in [4.69, 9.17) is 34.7 Å². The van der Waals surface area contributed by atoms with Crippen molar-refractivity contribution in [2.75, 3.05) is 0 Å². The van der Waals surface area contributed by atoms with Crippen molar-refractivity contribution in [2.24, 2.45) is 16.5 Å². The molecule has 0 aliphatic carbocycles. The van der Waals surface area contributed by atoms with Gasteiger partial charge in [0.15, 0.2) is 0 Å². The standard InChI is InChI=1S/C10H10Cl2N4/c11-6-1-2-8(12)7(5-6)10(14)15-4-3-9(13)16-10/h1-5,15H,14H2,(H2,13,16). The number of nitrogens with one attached hydrogen (secondary N) is 1. The normalized spacial score (nSPS) is 23.8. The second-order valence-electron chi connectivity index (χ2n) is 3.40. The Bertz CT molecular complexity index is 484. The number of hydrogen-bond donors (Lipinski definition) is 3. The number of halogens is 2. The molecule has 84 valence electrons. The quantitative estimate of drug-likeness (QED) is 0.714. The highest BCUT2D eigenvalue weighted by atomic mass is 35.5.